The highest BCUT2D eigenvalue weighted by atomic mass is 127. The molecule has 2 rings (SSSR count). The van der Waals surface area contributed by atoms with Crippen molar-refractivity contribution in [2.75, 3.05) is 18.6 Å². The number of likely N-dealkylation sites (tertiary alicyclic amines) is 1. The molecule has 2 atom stereocenters. The quantitative estimate of drug-likeness (QED) is 0.254. The van der Waals surface area contributed by atoms with Crippen LogP contribution >= 0.6 is 22.6 Å². The minimum atomic E-state index is -1.22. The van der Waals surface area contributed by atoms with Crippen LogP contribution in [0.25, 0.3) is 0 Å². The van der Waals surface area contributed by atoms with Gasteiger partial charge in [-0.25, -0.2) is 14.4 Å². The van der Waals surface area contributed by atoms with Crippen molar-refractivity contribution in [3.05, 3.63) is 35.9 Å². The van der Waals surface area contributed by atoms with Crippen molar-refractivity contribution < 1.29 is 28.6 Å². The number of ether oxygens (including phenoxy) is 3. The lowest BCUT2D eigenvalue weighted by Gasteiger charge is -2.37. The maximum absolute atomic E-state index is 12.9. The monoisotopic (exact) mass is 489 g/mol. The predicted molar refractivity (Wildman–Crippen MR) is 106 cm³/mol. The third-order valence-corrected chi connectivity index (χ3v) is 5.53. The van der Waals surface area contributed by atoms with E-state index in [9.17, 15) is 14.4 Å². The minimum absolute atomic E-state index is 0.0492. The van der Waals surface area contributed by atoms with Gasteiger partial charge in [-0.1, -0.05) is 52.9 Å². The number of methoxy groups -OCH3 is 2. The van der Waals surface area contributed by atoms with Gasteiger partial charge in [0.15, 0.2) is 0 Å². The molecule has 0 aliphatic carbocycles. The Morgan fingerprint density at radius 2 is 1.89 bits per heavy atom. The molecule has 2 unspecified atom stereocenters. The summed E-state index contributed by atoms with van der Waals surface area (Å²) in [5, 5.41) is 0. The third-order valence-electron chi connectivity index (χ3n) is 4.77. The maximum atomic E-state index is 12.9. The molecule has 0 spiro atoms. The van der Waals surface area contributed by atoms with Crippen LogP contribution in [0.3, 0.4) is 0 Å². The number of benzene rings is 1. The van der Waals surface area contributed by atoms with E-state index in [1.165, 1.54) is 19.1 Å². The molecule has 1 amide bonds. The molecule has 0 aromatic heterocycles. The number of halogens is 1. The van der Waals surface area contributed by atoms with Crippen LogP contribution in [0.5, 0.6) is 0 Å². The van der Waals surface area contributed by atoms with Crippen LogP contribution < -0.4 is 0 Å². The largest absolute Gasteiger partial charge is 0.467 e. The molecule has 1 heterocycles. The van der Waals surface area contributed by atoms with Gasteiger partial charge in [0.2, 0.25) is 0 Å². The van der Waals surface area contributed by atoms with E-state index in [1.807, 2.05) is 30.3 Å². The molecule has 7 nitrogen and oxygen atoms in total. The summed E-state index contributed by atoms with van der Waals surface area (Å²) in [5.41, 5.74) is -0.400. The third kappa shape index (κ3) is 4.72. The Bertz CT molecular complexity index is 667. The Labute approximate surface area is 172 Å². The standard InChI is InChI=1S/C19H24INO6/c1-25-16(22)15-9-11-19(10-6-12-20,17(23)26-2)21(15)18(24)27-13-14-7-4-3-5-8-14/h3-5,7-8,15H,6,9-13H2,1-2H3. The maximum Gasteiger partial charge on any atom is 0.411 e. The average molecular weight is 489 g/mol. The predicted octanol–water partition coefficient (Wildman–Crippen LogP) is 3.09. The fraction of sp³-hybridized carbons (Fsp3) is 0.526. The average Bonchev–Trinajstić information content (AvgIpc) is 3.10. The van der Waals surface area contributed by atoms with E-state index < -0.39 is 29.6 Å². The van der Waals surface area contributed by atoms with Gasteiger partial charge in [0.1, 0.15) is 18.2 Å². The van der Waals surface area contributed by atoms with Gasteiger partial charge in [-0.2, -0.15) is 0 Å². The first-order chi connectivity index (χ1) is 13.0. The van der Waals surface area contributed by atoms with Crippen molar-refractivity contribution in [2.45, 2.75) is 43.9 Å². The topological polar surface area (TPSA) is 82.1 Å². The number of alkyl halides is 1. The number of hydrogen-bond donors (Lipinski definition) is 0. The fourth-order valence-electron chi connectivity index (χ4n) is 3.47. The van der Waals surface area contributed by atoms with Crippen LogP contribution in [0.4, 0.5) is 4.79 Å². The molecule has 0 radical (unpaired) electrons. The molecule has 1 aliphatic heterocycles. The Balaban J connectivity index is 2.30. The normalized spacial score (nSPS) is 21.6. The van der Waals surface area contributed by atoms with Crippen LogP contribution in [0, 0.1) is 0 Å². The van der Waals surface area contributed by atoms with Gasteiger partial charge >= 0.3 is 18.0 Å². The van der Waals surface area contributed by atoms with Crippen molar-refractivity contribution in [1.82, 2.24) is 4.90 Å². The molecular weight excluding hydrogens is 465 g/mol. The molecule has 148 valence electrons. The number of nitrogens with zero attached hydrogens (tertiary/aromatic N) is 1. The highest BCUT2D eigenvalue weighted by molar-refractivity contribution is 14.1. The minimum Gasteiger partial charge on any atom is -0.467 e. The molecule has 1 aromatic rings. The van der Waals surface area contributed by atoms with Gasteiger partial charge in [0.05, 0.1) is 14.2 Å². The van der Waals surface area contributed by atoms with Crippen molar-refractivity contribution in [3.63, 3.8) is 0 Å². The van der Waals surface area contributed by atoms with Gasteiger partial charge in [-0.15, -0.1) is 0 Å². The number of rotatable bonds is 7. The summed E-state index contributed by atoms with van der Waals surface area (Å²) >= 11 is 2.21. The second kappa shape index (κ2) is 9.91. The molecule has 1 aliphatic rings. The summed E-state index contributed by atoms with van der Waals surface area (Å²) < 4.78 is 16.1. The molecule has 1 aromatic carbocycles. The number of carbonyl (C=O) groups excluding carboxylic acids is 3. The Hall–Kier alpha value is -1.84. The first-order valence-corrected chi connectivity index (χ1v) is 10.2. The lowest BCUT2D eigenvalue weighted by Crippen LogP contribution is -2.58. The van der Waals surface area contributed by atoms with Crippen LogP contribution in [0.15, 0.2) is 30.3 Å². The van der Waals surface area contributed by atoms with Crippen LogP contribution in [-0.4, -0.2) is 53.2 Å². The number of hydrogen-bond acceptors (Lipinski definition) is 6. The van der Waals surface area contributed by atoms with Crippen molar-refractivity contribution in [3.8, 4) is 0 Å². The Morgan fingerprint density at radius 3 is 2.48 bits per heavy atom. The van der Waals surface area contributed by atoms with Crippen LogP contribution in [-0.2, 0) is 30.4 Å². The second-order valence-corrected chi connectivity index (χ2v) is 7.38. The highest BCUT2D eigenvalue weighted by Gasteiger charge is 2.57. The summed E-state index contributed by atoms with van der Waals surface area (Å²) in [7, 11) is 2.55. The molecule has 0 saturated carbocycles. The summed E-state index contributed by atoms with van der Waals surface area (Å²) in [4.78, 5) is 39.1. The van der Waals surface area contributed by atoms with Gasteiger partial charge in [-0.05, 0) is 35.7 Å². The zero-order valence-corrected chi connectivity index (χ0v) is 17.6. The van der Waals surface area contributed by atoms with Gasteiger partial charge < -0.3 is 14.2 Å². The molecule has 0 N–H and O–H groups in total. The van der Waals surface area contributed by atoms with Gasteiger partial charge in [0.25, 0.3) is 0 Å². The molecule has 1 saturated heterocycles. The fourth-order valence-corrected chi connectivity index (χ4v) is 3.85. The molecule has 1 fully saturated rings. The van der Waals surface area contributed by atoms with Crippen molar-refractivity contribution in [2.24, 2.45) is 0 Å². The van der Waals surface area contributed by atoms with Crippen LogP contribution in [0.2, 0.25) is 0 Å². The summed E-state index contributed by atoms with van der Waals surface area (Å²) in [6.07, 6.45) is 1.04. The van der Waals surface area contributed by atoms with Gasteiger partial charge in [0, 0.05) is 0 Å². The summed E-state index contributed by atoms with van der Waals surface area (Å²) in [6, 6.07) is 8.35. The molecular formula is C19H24INO6. The van der Waals surface area contributed by atoms with E-state index in [0.29, 0.717) is 25.7 Å². The zero-order chi connectivity index (χ0) is 19.9. The second-order valence-electron chi connectivity index (χ2n) is 6.30. The van der Waals surface area contributed by atoms with E-state index >= 15 is 0 Å². The number of esters is 2. The molecule has 8 heteroatoms. The first-order valence-electron chi connectivity index (χ1n) is 8.72. The molecule has 0 bridgehead atoms. The number of amides is 1. The van der Waals surface area contributed by atoms with E-state index in [0.717, 1.165) is 9.99 Å². The molecule has 27 heavy (non-hydrogen) atoms. The van der Waals surface area contributed by atoms with Crippen molar-refractivity contribution >= 4 is 40.6 Å². The van der Waals surface area contributed by atoms with Crippen molar-refractivity contribution in [1.29, 1.82) is 0 Å². The SMILES string of the molecule is COC(=O)C1CCC(CCCI)(C(=O)OC)N1C(=O)OCc1ccccc1. The summed E-state index contributed by atoms with van der Waals surface area (Å²) in [5.74, 6) is -1.10. The smallest absolute Gasteiger partial charge is 0.411 e. The lowest BCUT2D eigenvalue weighted by molar-refractivity contribution is -0.157. The Kier molecular flexibility index (Phi) is 7.88. The first kappa shape index (κ1) is 21.5. The number of carbonyl (C=O) groups is 3. The van der Waals surface area contributed by atoms with E-state index in [2.05, 4.69) is 22.6 Å². The zero-order valence-electron chi connectivity index (χ0n) is 15.5. The lowest BCUT2D eigenvalue weighted by atomic mass is 9.91. The van der Waals surface area contributed by atoms with E-state index in [-0.39, 0.29) is 6.61 Å². The van der Waals surface area contributed by atoms with E-state index in [1.54, 1.807) is 0 Å². The van der Waals surface area contributed by atoms with E-state index in [4.69, 9.17) is 14.2 Å². The van der Waals surface area contributed by atoms with Crippen LogP contribution in [0.1, 0.15) is 31.2 Å². The van der Waals surface area contributed by atoms with Gasteiger partial charge in [-0.3, -0.25) is 4.90 Å². The summed E-state index contributed by atoms with van der Waals surface area (Å²) in [6.45, 7) is 0.0492. The Morgan fingerprint density at radius 1 is 1.19 bits per heavy atom. The highest BCUT2D eigenvalue weighted by Crippen LogP contribution is 2.40.